The van der Waals surface area contributed by atoms with E-state index < -0.39 is 0 Å². The quantitative estimate of drug-likeness (QED) is 0.867. The van der Waals surface area contributed by atoms with E-state index in [4.69, 9.17) is 0 Å². The molecule has 0 aromatic carbocycles. The lowest BCUT2D eigenvalue weighted by molar-refractivity contribution is 0.768. The zero-order chi connectivity index (χ0) is 12.4. The number of hydrogen-bond donors (Lipinski definition) is 1. The SMILES string of the molecule is CCc1nc(-c2ccn(C)n2)nc(NC)c1I. The van der Waals surface area contributed by atoms with E-state index >= 15 is 0 Å². The number of halogens is 1. The molecule has 0 saturated carbocycles. The topological polar surface area (TPSA) is 55.6 Å². The molecule has 0 aliphatic rings. The molecular weight excluding hydrogens is 329 g/mol. The Balaban J connectivity index is 2.55. The van der Waals surface area contributed by atoms with Gasteiger partial charge in [-0.25, -0.2) is 9.97 Å². The molecule has 2 rings (SSSR count). The molecule has 0 bridgehead atoms. The molecule has 0 spiro atoms. The van der Waals surface area contributed by atoms with Crippen LogP contribution < -0.4 is 5.32 Å². The van der Waals surface area contributed by atoms with E-state index in [1.54, 1.807) is 4.68 Å². The molecule has 0 amide bonds. The molecule has 6 heteroatoms. The van der Waals surface area contributed by atoms with Gasteiger partial charge in [0.15, 0.2) is 5.82 Å². The van der Waals surface area contributed by atoms with Crippen molar-refractivity contribution in [2.45, 2.75) is 13.3 Å². The van der Waals surface area contributed by atoms with E-state index in [1.165, 1.54) is 0 Å². The molecule has 0 unspecified atom stereocenters. The molecule has 5 nitrogen and oxygen atoms in total. The summed E-state index contributed by atoms with van der Waals surface area (Å²) >= 11 is 2.27. The van der Waals surface area contributed by atoms with E-state index in [0.717, 1.165) is 27.2 Å². The van der Waals surface area contributed by atoms with Crippen LogP contribution in [0.4, 0.5) is 5.82 Å². The van der Waals surface area contributed by atoms with Gasteiger partial charge < -0.3 is 5.32 Å². The number of nitrogens with zero attached hydrogens (tertiary/aromatic N) is 4. The van der Waals surface area contributed by atoms with Gasteiger partial charge in [-0.15, -0.1) is 0 Å². The van der Waals surface area contributed by atoms with Crippen LogP contribution in [0, 0.1) is 3.57 Å². The number of anilines is 1. The van der Waals surface area contributed by atoms with Crippen molar-refractivity contribution < 1.29 is 0 Å². The highest BCUT2D eigenvalue weighted by atomic mass is 127. The number of hydrogen-bond acceptors (Lipinski definition) is 4. The van der Waals surface area contributed by atoms with Crippen LogP contribution in [0.1, 0.15) is 12.6 Å². The van der Waals surface area contributed by atoms with Gasteiger partial charge in [-0.1, -0.05) is 6.92 Å². The van der Waals surface area contributed by atoms with E-state index in [0.29, 0.717) is 5.82 Å². The second-order valence-corrected chi connectivity index (χ2v) is 4.71. The molecule has 2 heterocycles. The number of nitrogens with one attached hydrogen (secondary N) is 1. The van der Waals surface area contributed by atoms with Crippen LogP contribution in [-0.4, -0.2) is 26.8 Å². The predicted octanol–water partition coefficient (Wildman–Crippen LogP) is 2.09. The smallest absolute Gasteiger partial charge is 0.182 e. The number of aryl methyl sites for hydroxylation is 2. The zero-order valence-electron chi connectivity index (χ0n) is 10.0. The average molecular weight is 343 g/mol. The van der Waals surface area contributed by atoms with Crippen LogP contribution in [0.15, 0.2) is 12.3 Å². The lowest BCUT2D eigenvalue weighted by Crippen LogP contribution is -2.05. The maximum Gasteiger partial charge on any atom is 0.182 e. The van der Waals surface area contributed by atoms with E-state index in [2.05, 4.69) is 49.9 Å². The Morgan fingerprint density at radius 1 is 1.41 bits per heavy atom. The van der Waals surface area contributed by atoms with Gasteiger partial charge in [0.25, 0.3) is 0 Å². The van der Waals surface area contributed by atoms with Crippen molar-refractivity contribution in [2.75, 3.05) is 12.4 Å². The highest BCUT2D eigenvalue weighted by molar-refractivity contribution is 14.1. The first-order chi connectivity index (χ1) is 8.15. The minimum absolute atomic E-state index is 0.673. The standard InChI is InChI=1S/C11H14IN5/c1-4-7-9(12)11(13-2)15-10(14-7)8-5-6-17(3)16-8/h5-6H,4H2,1-3H3,(H,13,14,15). The first-order valence-corrected chi connectivity index (χ1v) is 6.47. The van der Waals surface area contributed by atoms with Crippen LogP contribution in [0.5, 0.6) is 0 Å². The predicted molar refractivity (Wildman–Crippen MR) is 75.9 cm³/mol. The molecule has 0 atom stereocenters. The van der Waals surface area contributed by atoms with Gasteiger partial charge in [0.1, 0.15) is 11.5 Å². The Kier molecular flexibility index (Phi) is 3.60. The minimum Gasteiger partial charge on any atom is -0.372 e. The number of rotatable bonds is 3. The molecule has 2 aromatic rings. The Hall–Kier alpha value is -1.18. The Morgan fingerprint density at radius 3 is 2.71 bits per heavy atom. The Bertz CT molecular complexity index is 509. The summed E-state index contributed by atoms with van der Waals surface area (Å²) in [6.07, 6.45) is 2.77. The fourth-order valence-corrected chi connectivity index (χ4v) is 2.43. The van der Waals surface area contributed by atoms with Crippen LogP contribution in [0.3, 0.4) is 0 Å². The number of aromatic nitrogens is 4. The maximum absolute atomic E-state index is 4.55. The van der Waals surface area contributed by atoms with Crippen LogP contribution in [0.2, 0.25) is 0 Å². The van der Waals surface area contributed by atoms with Crippen molar-refractivity contribution in [1.82, 2.24) is 19.7 Å². The average Bonchev–Trinajstić information content (AvgIpc) is 2.76. The summed E-state index contributed by atoms with van der Waals surface area (Å²) in [5.74, 6) is 1.53. The van der Waals surface area contributed by atoms with Crippen LogP contribution in [0.25, 0.3) is 11.5 Å². The normalized spacial score (nSPS) is 10.6. The highest BCUT2D eigenvalue weighted by Crippen LogP contribution is 2.23. The maximum atomic E-state index is 4.55. The molecular formula is C11H14IN5. The van der Waals surface area contributed by atoms with Gasteiger partial charge in [0.2, 0.25) is 0 Å². The molecule has 0 aliphatic heterocycles. The molecule has 17 heavy (non-hydrogen) atoms. The third-order valence-corrected chi connectivity index (χ3v) is 3.57. The van der Waals surface area contributed by atoms with Gasteiger partial charge in [0, 0.05) is 20.3 Å². The lowest BCUT2D eigenvalue weighted by atomic mass is 10.3. The van der Waals surface area contributed by atoms with Crippen LogP contribution in [-0.2, 0) is 13.5 Å². The molecule has 0 fully saturated rings. The third kappa shape index (κ3) is 2.41. The molecule has 0 saturated heterocycles. The molecule has 0 aliphatic carbocycles. The summed E-state index contributed by atoms with van der Waals surface area (Å²) in [4.78, 5) is 9.03. The van der Waals surface area contributed by atoms with Crippen LogP contribution >= 0.6 is 22.6 Å². The van der Waals surface area contributed by atoms with E-state index in [1.807, 2.05) is 26.4 Å². The Morgan fingerprint density at radius 2 is 2.18 bits per heavy atom. The van der Waals surface area contributed by atoms with Crippen molar-refractivity contribution in [2.24, 2.45) is 7.05 Å². The summed E-state index contributed by atoms with van der Waals surface area (Å²) < 4.78 is 2.83. The van der Waals surface area contributed by atoms with Gasteiger partial charge in [-0.2, -0.15) is 5.10 Å². The van der Waals surface area contributed by atoms with Crippen molar-refractivity contribution in [3.8, 4) is 11.5 Å². The van der Waals surface area contributed by atoms with Crippen molar-refractivity contribution in [3.05, 3.63) is 21.5 Å². The molecule has 90 valence electrons. The van der Waals surface area contributed by atoms with Crippen molar-refractivity contribution in [3.63, 3.8) is 0 Å². The van der Waals surface area contributed by atoms with E-state index in [-0.39, 0.29) is 0 Å². The summed E-state index contributed by atoms with van der Waals surface area (Å²) in [6.45, 7) is 2.09. The Labute approximate surface area is 114 Å². The summed E-state index contributed by atoms with van der Waals surface area (Å²) in [6, 6.07) is 1.92. The molecule has 1 N–H and O–H groups in total. The monoisotopic (exact) mass is 343 g/mol. The van der Waals surface area contributed by atoms with E-state index in [9.17, 15) is 0 Å². The summed E-state index contributed by atoms with van der Waals surface area (Å²) in [5, 5.41) is 7.42. The second kappa shape index (κ2) is 4.99. The van der Waals surface area contributed by atoms with Gasteiger partial charge in [-0.3, -0.25) is 4.68 Å². The molecule has 0 radical (unpaired) electrons. The largest absolute Gasteiger partial charge is 0.372 e. The van der Waals surface area contributed by atoms with Gasteiger partial charge >= 0.3 is 0 Å². The minimum atomic E-state index is 0.673. The fraction of sp³-hybridized carbons (Fsp3) is 0.364. The highest BCUT2D eigenvalue weighted by Gasteiger charge is 2.12. The van der Waals surface area contributed by atoms with Crippen molar-refractivity contribution in [1.29, 1.82) is 0 Å². The van der Waals surface area contributed by atoms with Gasteiger partial charge in [-0.05, 0) is 35.1 Å². The first-order valence-electron chi connectivity index (χ1n) is 5.40. The zero-order valence-corrected chi connectivity index (χ0v) is 12.2. The fourth-order valence-electron chi connectivity index (χ4n) is 1.54. The molecule has 2 aromatic heterocycles. The van der Waals surface area contributed by atoms with Gasteiger partial charge in [0.05, 0.1) is 9.26 Å². The van der Waals surface area contributed by atoms with Crippen molar-refractivity contribution >= 4 is 28.4 Å². The lowest BCUT2D eigenvalue weighted by Gasteiger charge is -2.08. The first kappa shape index (κ1) is 12.3. The summed E-state index contributed by atoms with van der Waals surface area (Å²) in [7, 11) is 3.75. The third-order valence-electron chi connectivity index (χ3n) is 2.43. The summed E-state index contributed by atoms with van der Waals surface area (Å²) in [5.41, 5.74) is 1.85. The second-order valence-electron chi connectivity index (χ2n) is 3.63.